The van der Waals surface area contributed by atoms with E-state index >= 15 is 0 Å². The number of rotatable bonds is 1. The second-order valence-electron chi connectivity index (χ2n) is 4.52. The number of carbonyl (C=O) groups excluding carboxylic acids is 1. The van der Waals surface area contributed by atoms with E-state index in [9.17, 15) is 26.7 Å². The van der Waals surface area contributed by atoms with E-state index in [4.69, 9.17) is 0 Å². The molecule has 1 fully saturated rings. The molecule has 0 bridgehead atoms. The van der Waals surface area contributed by atoms with Crippen LogP contribution in [0.25, 0.3) is 0 Å². The van der Waals surface area contributed by atoms with Crippen molar-refractivity contribution < 1.29 is 26.7 Å². The summed E-state index contributed by atoms with van der Waals surface area (Å²) in [5.74, 6) is -4.04. The first kappa shape index (κ1) is 15.5. The third-order valence-corrected chi connectivity index (χ3v) is 3.65. The van der Waals surface area contributed by atoms with Gasteiger partial charge >= 0.3 is 6.18 Å². The minimum atomic E-state index is -4.70. The van der Waals surface area contributed by atoms with E-state index in [1.807, 2.05) is 0 Å². The van der Waals surface area contributed by atoms with Crippen molar-refractivity contribution in [1.82, 2.24) is 4.90 Å². The van der Waals surface area contributed by atoms with Crippen molar-refractivity contribution in [1.29, 1.82) is 0 Å². The van der Waals surface area contributed by atoms with Crippen LogP contribution in [-0.2, 0) is 6.18 Å². The highest BCUT2D eigenvalue weighted by Gasteiger charge is 2.42. The first-order valence-electron chi connectivity index (χ1n) is 5.64. The van der Waals surface area contributed by atoms with Crippen molar-refractivity contribution in [3.8, 4) is 0 Å². The molecule has 0 spiro atoms. The number of likely N-dealkylation sites (tertiary alicyclic amines) is 1. The highest BCUT2D eigenvalue weighted by Crippen LogP contribution is 2.35. The largest absolute Gasteiger partial charge is 0.417 e. The number of amides is 1. The number of carbonyl (C=O) groups is 1. The fourth-order valence-corrected chi connectivity index (χ4v) is 2.51. The average molecular weight is 405 g/mol. The molecular weight excluding hydrogens is 396 g/mol. The molecule has 0 aromatic heterocycles. The molecule has 1 saturated heterocycles. The lowest BCUT2D eigenvalue weighted by atomic mass is 10.1. The Bertz CT molecular complexity index is 543. The van der Waals surface area contributed by atoms with E-state index in [2.05, 4.69) is 0 Å². The summed E-state index contributed by atoms with van der Waals surface area (Å²) >= 11 is 1.69. The smallest absolute Gasteiger partial charge is 0.332 e. The Hall–Kier alpha value is -0.930. The van der Waals surface area contributed by atoms with Gasteiger partial charge in [-0.2, -0.15) is 13.2 Å². The van der Waals surface area contributed by atoms with Crippen molar-refractivity contribution in [2.24, 2.45) is 0 Å². The van der Waals surface area contributed by atoms with Crippen LogP contribution in [0.4, 0.5) is 22.0 Å². The summed E-state index contributed by atoms with van der Waals surface area (Å²) in [6, 6.07) is 3.21. The SMILES string of the molecule is O=C(c1ccc(I)cc1C(F)(F)F)N1CCC(F)(F)C1. The molecule has 110 valence electrons. The summed E-state index contributed by atoms with van der Waals surface area (Å²) in [6.07, 6.45) is -5.22. The number of nitrogens with zero attached hydrogens (tertiary/aromatic N) is 1. The van der Waals surface area contributed by atoms with Crippen molar-refractivity contribution in [2.75, 3.05) is 13.1 Å². The van der Waals surface area contributed by atoms with Gasteiger partial charge < -0.3 is 4.90 Å². The highest BCUT2D eigenvalue weighted by atomic mass is 127. The fourth-order valence-electron chi connectivity index (χ4n) is 2.02. The number of halogens is 6. The number of alkyl halides is 5. The molecule has 2 rings (SSSR count). The topological polar surface area (TPSA) is 20.3 Å². The van der Waals surface area contributed by atoms with Gasteiger partial charge in [0.15, 0.2) is 0 Å². The highest BCUT2D eigenvalue weighted by molar-refractivity contribution is 14.1. The molecule has 8 heteroatoms. The van der Waals surface area contributed by atoms with Crippen LogP contribution in [0.1, 0.15) is 22.3 Å². The summed E-state index contributed by atoms with van der Waals surface area (Å²) in [5, 5.41) is 0. The van der Waals surface area contributed by atoms with Gasteiger partial charge in [-0.25, -0.2) is 8.78 Å². The molecule has 0 unspecified atom stereocenters. The molecule has 20 heavy (non-hydrogen) atoms. The van der Waals surface area contributed by atoms with E-state index in [1.54, 1.807) is 22.6 Å². The predicted octanol–water partition coefficient (Wildman–Crippen LogP) is 3.79. The zero-order valence-electron chi connectivity index (χ0n) is 9.98. The van der Waals surface area contributed by atoms with Gasteiger partial charge in [-0.15, -0.1) is 0 Å². The molecule has 0 atom stereocenters. The van der Waals surface area contributed by atoms with Crippen molar-refractivity contribution >= 4 is 28.5 Å². The Morgan fingerprint density at radius 1 is 1.30 bits per heavy atom. The molecule has 0 aliphatic carbocycles. The molecule has 2 nitrogen and oxygen atoms in total. The molecule has 0 N–H and O–H groups in total. The van der Waals surface area contributed by atoms with Crippen LogP contribution in [0.5, 0.6) is 0 Å². The first-order valence-corrected chi connectivity index (χ1v) is 6.72. The van der Waals surface area contributed by atoms with Crippen molar-refractivity contribution in [3.63, 3.8) is 0 Å². The minimum absolute atomic E-state index is 0.241. The number of hydrogen-bond donors (Lipinski definition) is 0. The van der Waals surface area contributed by atoms with E-state index in [1.165, 1.54) is 6.07 Å². The zero-order chi connectivity index (χ0) is 15.1. The summed E-state index contributed by atoms with van der Waals surface area (Å²) in [4.78, 5) is 12.8. The lowest BCUT2D eigenvalue weighted by molar-refractivity contribution is -0.138. The number of hydrogen-bond acceptors (Lipinski definition) is 1. The third-order valence-electron chi connectivity index (χ3n) is 2.97. The maximum Gasteiger partial charge on any atom is 0.417 e. The lowest BCUT2D eigenvalue weighted by Gasteiger charge is -2.19. The van der Waals surface area contributed by atoms with Crippen LogP contribution in [0.2, 0.25) is 0 Å². The van der Waals surface area contributed by atoms with Crippen LogP contribution < -0.4 is 0 Å². The molecule has 1 aromatic rings. The zero-order valence-corrected chi connectivity index (χ0v) is 12.1. The summed E-state index contributed by atoms with van der Waals surface area (Å²) in [5.41, 5.74) is -1.68. The Labute approximate surface area is 125 Å². The molecule has 1 heterocycles. The molecular formula is C12H9F5INO. The normalized spacial score (nSPS) is 18.4. The quantitative estimate of drug-likeness (QED) is 0.515. The molecule has 1 aliphatic rings. The van der Waals surface area contributed by atoms with E-state index < -0.39 is 42.1 Å². The Kier molecular flexibility index (Phi) is 3.96. The molecule has 0 saturated carbocycles. The van der Waals surface area contributed by atoms with E-state index in [0.29, 0.717) is 3.57 Å². The Morgan fingerprint density at radius 3 is 2.45 bits per heavy atom. The second kappa shape index (κ2) is 5.12. The van der Waals surface area contributed by atoms with Crippen LogP contribution in [0.3, 0.4) is 0 Å². The summed E-state index contributed by atoms with van der Waals surface area (Å²) in [7, 11) is 0. The van der Waals surface area contributed by atoms with E-state index in [0.717, 1.165) is 17.0 Å². The molecule has 0 radical (unpaired) electrons. The number of benzene rings is 1. The summed E-state index contributed by atoms with van der Waals surface area (Å²) < 4.78 is 65.1. The fraction of sp³-hybridized carbons (Fsp3) is 0.417. The van der Waals surface area contributed by atoms with Crippen molar-refractivity contribution in [2.45, 2.75) is 18.5 Å². The monoisotopic (exact) mass is 405 g/mol. The van der Waals surface area contributed by atoms with Crippen LogP contribution >= 0.6 is 22.6 Å². The predicted molar refractivity (Wildman–Crippen MR) is 69.6 cm³/mol. The van der Waals surface area contributed by atoms with Gasteiger partial charge in [0.2, 0.25) is 0 Å². The van der Waals surface area contributed by atoms with Crippen molar-refractivity contribution in [3.05, 3.63) is 32.9 Å². The molecule has 1 aliphatic heterocycles. The van der Waals surface area contributed by atoms with Crippen LogP contribution in [0.15, 0.2) is 18.2 Å². The van der Waals surface area contributed by atoms with Gasteiger partial charge in [-0.05, 0) is 40.8 Å². The first-order chi connectivity index (χ1) is 9.10. The molecule has 1 amide bonds. The second-order valence-corrected chi connectivity index (χ2v) is 5.77. The Morgan fingerprint density at radius 2 is 1.95 bits per heavy atom. The molecule has 1 aromatic carbocycles. The van der Waals surface area contributed by atoms with Crippen LogP contribution in [0, 0.1) is 3.57 Å². The van der Waals surface area contributed by atoms with E-state index in [-0.39, 0.29) is 6.54 Å². The maximum absolute atomic E-state index is 13.1. The van der Waals surface area contributed by atoms with Gasteiger partial charge in [0.05, 0.1) is 17.7 Å². The van der Waals surface area contributed by atoms with Gasteiger partial charge in [-0.3, -0.25) is 4.79 Å². The van der Waals surface area contributed by atoms with Crippen LogP contribution in [-0.4, -0.2) is 29.8 Å². The van der Waals surface area contributed by atoms with Gasteiger partial charge in [0, 0.05) is 16.5 Å². The standard InChI is InChI=1S/C12H9F5INO/c13-11(14)3-4-19(6-11)10(20)8-2-1-7(18)5-9(8)12(15,16)17/h1-2,5H,3-4,6H2. The average Bonchev–Trinajstić information content (AvgIpc) is 2.67. The lowest BCUT2D eigenvalue weighted by Crippen LogP contribution is -2.32. The van der Waals surface area contributed by atoms with Gasteiger partial charge in [0.25, 0.3) is 11.8 Å². The van der Waals surface area contributed by atoms with Gasteiger partial charge in [0.1, 0.15) is 0 Å². The van der Waals surface area contributed by atoms with Gasteiger partial charge in [-0.1, -0.05) is 0 Å². The summed E-state index contributed by atoms with van der Waals surface area (Å²) in [6.45, 7) is -1.08. The Balaban J connectivity index is 2.36. The third kappa shape index (κ3) is 3.21. The maximum atomic E-state index is 13.1. The minimum Gasteiger partial charge on any atom is -0.332 e.